The summed E-state index contributed by atoms with van der Waals surface area (Å²) in [6.45, 7) is 0.380. The van der Waals surface area contributed by atoms with Gasteiger partial charge < -0.3 is 4.74 Å². The third-order valence-corrected chi connectivity index (χ3v) is 4.02. The van der Waals surface area contributed by atoms with Crippen molar-refractivity contribution < 1.29 is 19.2 Å². The zero-order valence-electron chi connectivity index (χ0n) is 11.3. The third-order valence-electron chi connectivity index (χ3n) is 2.96. The second kappa shape index (κ2) is 7.31. The number of β-lactam (4-membered cyclic amide) rings is 1. The summed E-state index contributed by atoms with van der Waals surface area (Å²) in [7, 11) is 1.37. The van der Waals surface area contributed by atoms with Crippen LogP contribution >= 0.6 is 11.8 Å². The van der Waals surface area contributed by atoms with Gasteiger partial charge in [-0.3, -0.25) is 14.4 Å². The van der Waals surface area contributed by atoms with Gasteiger partial charge >= 0.3 is 5.97 Å². The van der Waals surface area contributed by atoms with E-state index in [9.17, 15) is 9.59 Å². The Kier molecular flexibility index (Phi) is 5.43. The first kappa shape index (κ1) is 14.9. The van der Waals surface area contributed by atoms with Crippen LogP contribution in [-0.2, 0) is 25.8 Å². The molecule has 0 spiro atoms. The van der Waals surface area contributed by atoms with Crippen molar-refractivity contribution in [2.75, 3.05) is 18.6 Å². The Labute approximate surface area is 122 Å². The molecular formula is C14H17NO4S. The van der Waals surface area contributed by atoms with Crippen LogP contribution in [-0.4, -0.2) is 41.6 Å². The van der Waals surface area contributed by atoms with Gasteiger partial charge in [0.05, 0.1) is 25.3 Å². The maximum absolute atomic E-state index is 11.5. The highest BCUT2D eigenvalue weighted by Crippen LogP contribution is 2.24. The van der Waals surface area contributed by atoms with Crippen LogP contribution in [0, 0.1) is 0 Å². The highest BCUT2D eigenvalue weighted by Gasteiger charge is 2.37. The van der Waals surface area contributed by atoms with Crippen LogP contribution in [0.25, 0.3) is 0 Å². The number of carbonyl (C=O) groups excluding carboxylic acids is 2. The SMILES string of the molecule is COC(=O)CSCC1CC(=O)N1OCc1ccccc1. The summed E-state index contributed by atoms with van der Waals surface area (Å²) in [5, 5.41) is 1.41. The van der Waals surface area contributed by atoms with Gasteiger partial charge in [-0.25, -0.2) is 5.06 Å². The van der Waals surface area contributed by atoms with E-state index >= 15 is 0 Å². The molecule has 1 fully saturated rings. The smallest absolute Gasteiger partial charge is 0.315 e. The number of esters is 1. The number of thioether (sulfide) groups is 1. The highest BCUT2D eigenvalue weighted by molar-refractivity contribution is 7.99. The summed E-state index contributed by atoms with van der Waals surface area (Å²) < 4.78 is 4.57. The largest absolute Gasteiger partial charge is 0.468 e. The van der Waals surface area contributed by atoms with Crippen molar-refractivity contribution in [1.29, 1.82) is 0 Å². The molecule has 1 aromatic carbocycles. The monoisotopic (exact) mass is 295 g/mol. The number of ether oxygens (including phenoxy) is 1. The summed E-state index contributed by atoms with van der Waals surface area (Å²) in [5.41, 5.74) is 1.02. The normalized spacial score (nSPS) is 17.8. The second-order valence-electron chi connectivity index (χ2n) is 4.43. The summed E-state index contributed by atoms with van der Waals surface area (Å²) >= 11 is 1.45. The molecule has 1 amide bonds. The molecule has 1 saturated heterocycles. The lowest BCUT2D eigenvalue weighted by Gasteiger charge is -2.38. The van der Waals surface area contributed by atoms with Crippen molar-refractivity contribution in [2.45, 2.75) is 19.1 Å². The molecule has 0 bridgehead atoms. The maximum atomic E-state index is 11.5. The zero-order valence-corrected chi connectivity index (χ0v) is 12.1. The molecule has 2 rings (SSSR count). The van der Waals surface area contributed by atoms with Gasteiger partial charge in [0.15, 0.2) is 0 Å². The molecule has 1 aliphatic rings. The standard InChI is InChI=1S/C14H17NO4S/c1-18-14(17)10-20-9-12-7-13(16)15(12)19-8-11-5-3-2-4-6-11/h2-6,12H,7-10H2,1H3. The molecule has 1 unspecified atom stereocenters. The van der Waals surface area contributed by atoms with Crippen molar-refractivity contribution >= 4 is 23.6 Å². The average Bonchev–Trinajstić information content (AvgIpc) is 2.47. The topological polar surface area (TPSA) is 55.8 Å². The van der Waals surface area contributed by atoms with E-state index in [1.165, 1.54) is 23.9 Å². The molecule has 1 aromatic rings. The van der Waals surface area contributed by atoms with E-state index in [-0.39, 0.29) is 17.9 Å². The molecular weight excluding hydrogens is 278 g/mol. The summed E-state index contributed by atoms with van der Waals surface area (Å²) in [6.07, 6.45) is 0.475. The number of benzene rings is 1. The lowest BCUT2D eigenvalue weighted by molar-refractivity contribution is -0.229. The van der Waals surface area contributed by atoms with Crippen molar-refractivity contribution in [3.05, 3.63) is 35.9 Å². The van der Waals surface area contributed by atoms with Crippen molar-refractivity contribution in [3.8, 4) is 0 Å². The molecule has 0 aliphatic carbocycles. The zero-order chi connectivity index (χ0) is 14.4. The van der Waals surface area contributed by atoms with Crippen LogP contribution in [0.5, 0.6) is 0 Å². The molecule has 1 heterocycles. The minimum atomic E-state index is -0.252. The van der Waals surface area contributed by atoms with Gasteiger partial charge in [0, 0.05) is 5.75 Å². The van der Waals surface area contributed by atoms with E-state index in [0.717, 1.165) is 5.56 Å². The molecule has 1 atom stereocenters. The molecule has 0 N–H and O–H groups in total. The molecule has 20 heavy (non-hydrogen) atoms. The summed E-state index contributed by atoms with van der Waals surface area (Å²) in [5.74, 6) is 0.714. The van der Waals surface area contributed by atoms with Crippen molar-refractivity contribution in [2.24, 2.45) is 0 Å². The summed E-state index contributed by atoms with van der Waals surface area (Å²) in [6, 6.07) is 9.74. The van der Waals surface area contributed by atoms with E-state index in [2.05, 4.69) is 4.74 Å². The van der Waals surface area contributed by atoms with Crippen LogP contribution in [0.4, 0.5) is 0 Å². The van der Waals surface area contributed by atoms with E-state index in [1.54, 1.807) is 0 Å². The first-order valence-corrected chi connectivity index (χ1v) is 7.49. The molecule has 5 nitrogen and oxygen atoms in total. The lowest BCUT2D eigenvalue weighted by Crippen LogP contribution is -2.53. The number of amides is 1. The maximum Gasteiger partial charge on any atom is 0.315 e. The quantitative estimate of drug-likeness (QED) is 0.565. The Bertz CT molecular complexity index is 466. The second-order valence-corrected chi connectivity index (χ2v) is 5.46. The van der Waals surface area contributed by atoms with Gasteiger partial charge in [0.1, 0.15) is 6.61 Å². The highest BCUT2D eigenvalue weighted by atomic mass is 32.2. The fourth-order valence-electron chi connectivity index (χ4n) is 1.83. The van der Waals surface area contributed by atoms with E-state index in [1.807, 2.05) is 30.3 Å². The number of carbonyl (C=O) groups is 2. The van der Waals surface area contributed by atoms with Crippen molar-refractivity contribution in [3.63, 3.8) is 0 Å². The Balaban J connectivity index is 1.73. The Morgan fingerprint density at radius 2 is 2.15 bits per heavy atom. The Morgan fingerprint density at radius 3 is 2.80 bits per heavy atom. The van der Waals surface area contributed by atoms with Crippen LogP contribution < -0.4 is 0 Å². The molecule has 0 aromatic heterocycles. The predicted molar refractivity (Wildman–Crippen MR) is 75.8 cm³/mol. The fraction of sp³-hybridized carbons (Fsp3) is 0.429. The predicted octanol–water partition coefficient (Wildman–Crippen LogP) is 1.63. The first-order valence-electron chi connectivity index (χ1n) is 6.34. The fourth-order valence-corrected chi connectivity index (χ4v) is 2.75. The number of nitrogens with zero attached hydrogens (tertiary/aromatic N) is 1. The first-order chi connectivity index (χ1) is 9.70. The molecule has 0 saturated carbocycles. The van der Waals surface area contributed by atoms with Gasteiger partial charge in [0.2, 0.25) is 5.91 Å². The minimum absolute atomic E-state index is 0.00963. The summed E-state index contributed by atoms with van der Waals surface area (Å²) in [4.78, 5) is 28.0. The molecule has 108 valence electrons. The molecule has 6 heteroatoms. The van der Waals surface area contributed by atoms with Gasteiger partial charge in [-0.05, 0) is 5.56 Å². The number of hydrogen-bond acceptors (Lipinski definition) is 5. The molecule has 0 radical (unpaired) electrons. The van der Waals surface area contributed by atoms with Crippen LogP contribution in [0.2, 0.25) is 0 Å². The molecule has 1 aliphatic heterocycles. The number of rotatable bonds is 7. The van der Waals surface area contributed by atoms with Crippen LogP contribution in [0.1, 0.15) is 12.0 Å². The number of methoxy groups -OCH3 is 1. The van der Waals surface area contributed by atoms with Crippen molar-refractivity contribution in [1.82, 2.24) is 5.06 Å². The third kappa shape index (κ3) is 3.98. The van der Waals surface area contributed by atoms with E-state index < -0.39 is 0 Å². The number of hydrogen-bond donors (Lipinski definition) is 0. The lowest BCUT2D eigenvalue weighted by atomic mass is 10.1. The van der Waals surface area contributed by atoms with Crippen LogP contribution in [0.3, 0.4) is 0 Å². The van der Waals surface area contributed by atoms with E-state index in [0.29, 0.717) is 24.5 Å². The van der Waals surface area contributed by atoms with Gasteiger partial charge in [-0.15, -0.1) is 11.8 Å². The number of hydroxylamine groups is 2. The van der Waals surface area contributed by atoms with E-state index in [4.69, 9.17) is 4.84 Å². The van der Waals surface area contributed by atoms with Gasteiger partial charge in [-0.2, -0.15) is 0 Å². The minimum Gasteiger partial charge on any atom is -0.468 e. The van der Waals surface area contributed by atoms with Gasteiger partial charge in [-0.1, -0.05) is 30.3 Å². The van der Waals surface area contributed by atoms with Gasteiger partial charge in [0.25, 0.3) is 0 Å². The Morgan fingerprint density at radius 1 is 1.40 bits per heavy atom. The average molecular weight is 295 g/mol. The van der Waals surface area contributed by atoms with Crippen LogP contribution in [0.15, 0.2) is 30.3 Å². The Hall–Kier alpha value is -1.53.